The normalized spacial score (nSPS) is 18.2. The highest BCUT2D eigenvalue weighted by atomic mass is 28.3. The van der Waals surface area contributed by atoms with Gasteiger partial charge in [-0.05, 0) is 25.5 Å². The van der Waals surface area contributed by atoms with Crippen LogP contribution in [0.15, 0.2) is 45.8 Å². The van der Waals surface area contributed by atoms with Gasteiger partial charge in [-0.3, -0.25) is 0 Å². The van der Waals surface area contributed by atoms with Crippen molar-refractivity contribution in [3.05, 3.63) is 53.3 Å². The molecule has 0 bridgehead atoms. The maximum Gasteiger partial charge on any atom is 0.254 e. The van der Waals surface area contributed by atoms with Gasteiger partial charge < -0.3 is 14.3 Å². The van der Waals surface area contributed by atoms with Gasteiger partial charge in [0.2, 0.25) is 0 Å². The van der Waals surface area contributed by atoms with Crippen molar-refractivity contribution < 1.29 is 14.3 Å². The van der Waals surface area contributed by atoms with Crippen LogP contribution >= 0.6 is 0 Å². The van der Waals surface area contributed by atoms with Crippen LogP contribution in [0.5, 0.6) is 0 Å². The molecule has 2 aromatic rings. The fraction of sp³-hybridized carbons (Fsp3) is 0.421. The standard InChI is InChI=1S/C19H25NO3Si/c1-19(2)12-22-18(20-19)17-14(11-15(23-17)24(3,4)5)16(21)13-9-7-6-8-10-13/h6-11,16,21H,12H2,1-5H3. The number of aliphatic imine (C=N–C) groups is 1. The molecule has 1 aromatic carbocycles. The summed E-state index contributed by atoms with van der Waals surface area (Å²) in [6.45, 7) is 11.2. The first-order valence-electron chi connectivity index (χ1n) is 8.28. The minimum Gasteiger partial charge on any atom is -0.473 e. The Labute approximate surface area is 144 Å². The second-order valence-corrected chi connectivity index (χ2v) is 13.0. The molecule has 0 spiro atoms. The summed E-state index contributed by atoms with van der Waals surface area (Å²) in [4.78, 5) is 4.63. The summed E-state index contributed by atoms with van der Waals surface area (Å²) in [5.74, 6) is 1.06. The number of benzene rings is 1. The molecule has 0 saturated heterocycles. The minimum atomic E-state index is -1.67. The van der Waals surface area contributed by atoms with E-state index in [0.29, 0.717) is 18.3 Å². The molecule has 1 N–H and O–H groups in total. The van der Waals surface area contributed by atoms with Crippen LogP contribution in [0.2, 0.25) is 19.6 Å². The summed E-state index contributed by atoms with van der Waals surface area (Å²) >= 11 is 0. The Morgan fingerprint density at radius 2 is 1.83 bits per heavy atom. The number of furan rings is 1. The molecule has 4 nitrogen and oxygen atoms in total. The molecule has 0 amide bonds. The van der Waals surface area contributed by atoms with E-state index in [1.807, 2.05) is 50.2 Å². The zero-order valence-electron chi connectivity index (χ0n) is 15.0. The molecule has 3 rings (SSSR count). The van der Waals surface area contributed by atoms with Gasteiger partial charge in [0, 0.05) is 5.56 Å². The first-order chi connectivity index (χ1) is 11.2. The number of rotatable bonds is 4. The second-order valence-electron chi connectivity index (χ2n) is 7.98. The van der Waals surface area contributed by atoms with E-state index in [1.54, 1.807) is 0 Å². The Morgan fingerprint density at radius 3 is 2.38 bits per heavy atom. The average Bonchev–Trinajstić information content (AvgIpc) is 3.10. The maximum atomic E-state index is 10.9. The third kappa shape index (κ3) is 3.32. The van der Waals surface area contributed by atoms with Gasteiger partial charge >= 0.3 is 0 Å². The van der Waals surface area contributed by atoms with Gasteiger partial charge in [-0.15, -0.1) is 0 Å². The van der Waals surface area contributed by atoms with E-state index in [9.17, 15) is 5.11 Å². The van der Waals surface area contributed by atoms with E-state index in [4.69, 9.17) is 9.15 Å². The van der Waals surface area contributed by atoms with Gasteiger partial charge in [0.15, 0.2) is 5.76 Å². The van der Waals surface area contributed by atoms with E-state index >= 15 is 0 Å². The van der Waals surface area contributed by atoms with Gasteiger partial charge in [0.1, 0.15) is 20.8 Å². The van der Waals surface area contributed by atoms with Crippen molar-refractivity contribution in [2.24, 2.45) is 4.99 Å². The van der Waals surface area contributed by atoms with Crippen molar-refractivity contribution in [2.45, 2.75) is 45.1 Å². The number of ether oxygens (including phenoxy) is 1. The lowest BCUT2D eigenvalue weighted by Gasteiger charge is -2.11. The largest absolute Gasteiger partial charge is 0.473 e. The molecule has 0 saturated carbocycles. The lowest BCUT2D eigenvalue weighted by Crippen LogP contribution is -2.36. The number of nitrogens with zero attached hydrogens (tertiary/aromatic N) is 1. The summed E-state index contributed by atoms with van der Waals surface area (Å²) < 4.78 is 11.9. The van der Waals surface area contributed by atoms with Crippen molar-refractivity contribution in [3.63, 3.8) is 0 Å². The van der Waals surface area contributed by atoms with Gasteiger partial charge in [0.25, 0.3) is 5.90 Å². The van der Waals surface area contributed by atoms with Crippen molar-refractivity contribution in [1.29, 1.82) is 0 Å². The molecule has 1 aliphatic heterocycles. The quantitative estimate of drug-likeness (QED) is 0.865. The van der Waals surface area contributed by atoms with E-state index in [-0.39, 0.29) is 5.54 Å². The fourth-order valence-corrected chi connectivity index (χ4v) is 3.66. The lowest BCUT2D eigenvalue weighted by molar-refractivity contribution is 0.217. The number of aliphatic hydroxyl groups excluding tert-OH is 1. The topological polar surface area (TPSA) is 55.0 Å². The van der Waals surface area contributed by atoms with E-state index in [1.165, 1.54) is 0 Å². The van der Waals surface area contributed by atoms with Crippen LogP contribution in [0.25, 0.3) is 0 Å². The summed E-state index contributed by atoms with van der Waals surface area (Å²) in [5.41, 5.74) is 1.30. The predicted octanol–water partition coefficient (Wildman–Crippen LogP) is 3.46. The fourth-order valence-electron chi connectivity index (χ4n) is 2.66. The third-order valence-electron chi connectivity index (χ3n) is 4.07. The Bertz CT molecular complexity index is 757. The maximum absolute atomic E-state index is 10.9. The highest BCUT2D eigenvalue weighted by Crippen LogP contribution is 2.30. The molecule has 2 heterocycles. The Kier molecular flexibility index (Phi) is 4.17. The second kappa shape index (κ2) is 5.90. The molecular weight excluding hydrogens is 318 g/mol. The molecule has 0 fully saturated rings. The molecule has 1 atom stereocenters. The number of hydrogen-bond acceptors (Lipinski definition) is 4. The Morgan fingerprint density at radius 1 is 1.17 bits per heavy atom. The minimum absolute atomic E-state index is 0.267. The predicted molar refractivity (Wildman–Crippen MR) is 98.8 cm³/mol. The summed E-state index contributed by atoms with van der Waals surface area (Å²) in [6.07, 6.45) is -0.759. The molecule has 128 valence electrons. The van der Waals surface area contributed by atoms with Crippen LogP contribution in [0.1, 0.15) is 36.8 Å². The average molecular weight is 343 g/mol. The van der Waals surface area contributed by atoms with E-state index in [0.717, 1.165) is 16.5 Å². The first-order valence-corrected chi connectivity index (χ1v) is 11.8. The van der Waals surface area contributed by atoms with Crippen LogP contribution < -0.4 is 5.38 Å². The van der Waals surface area contributed by atoms with Gasteiger partial charge in [-0.2, -0.15) is 0 Å². The van der Waals surface area contributed by atoms with Crippen LogP contribution in [0.4, 0.5) is 0 Å². The summed E-state index contributed by atoms with van der Waals surface area (Å²) in [7, 11) is -1.67. The van der Waals surface area contributed by atoms with E-state index in [2.05, 4.69) is 24.6 Å². The first kappa shape index (κ1) is 17.0. The molecule has 0 radical (unpaired) electrons. The van der Waals surface area contributed by atoms with Gasteiger partial charge in [-0.1, -0.05) is 50.0 Å². The molecule has 1 aliphatic rings. The van der Waals surface area contributed by atoms with Crippen molar-refractivity contribution >= 4 is 19.4 Å². The highest BCUT2D eigenvalue weighted by Gasteiger charge is 2.34. The monoisotopic (exact) mass is 343 g/mol. The molecule has 24 heavy (non-hydrogen) atoms. The highest BCUT2D eigenvalue weighted by molar-refractivity contribution is 6.87. The van der Waals surface area contributed by atoms with Crippen LogP contribution in [-0.2, 0) is 4.74 Å². The van der Waals surface area contributed by atoms with Crippen LogP contribution in [-0.4, -0.2) is 31.2 Å². The van der Waals surface area contributed by atoms with Gasteiger partial charge in [-0.25, -0.2) is 4.99 Å². The van der Waals surface area contributed by atoms with Crippen molar-refractivity contribution in [3.8, 4) is 0 Å². The summed E-state index contributed by atoms with van der Waals surface area (Å²) in [5, 5.41) is 11.8. The smallest absolute Gasteiger partial charge is 0.254 e. The molecule has 0 aliphatic carbocycles. The molecule has 1 unspecified atom stereocenters. The molecule has 1 aromatic heterocycles. The SMILES string of the molecule is CC1(C)COC(c2oc([Si](C)(C)C)cc2C(O)c2ccccc2)=N1. The molecular formula is C19H25NO3Si. The van der Waals surface area contributed by atoms with Crippen molar-refractivity contribution in [2.75, 3.05) is 6.61 Å². The number of aliphatic hydroxyl groups is 1. The Balaban J connectivity index is 2.09. The zero-order valence-corrected chi connectivity index (χ0v) is 16.0. The van der Waals surface area contributed by atoms with Gasteiger partial charge in [0.05, 0.1) is 10.9 Å². The van der Waals surface area contributed by atoms with Crippen LogP contribution in [0, 0.1) is 0 Å². The third-order valence-corrected chi connectivity index (χ3v) is 5.80. The van der Waals surface area contributed by atoms with Crippen molar-refractivity contribution in [1.82, 2.24) is 0 Å². The number of hydrogen-bond donors (Lipinski definition) is 1. The Hall–Kier alpha value is -1.85. The zero-order chi connectivity index (χ0) is 17.5. The molecule has 5 heteroatoms. The van der Waals surface area contributed by atoms with E-state index < -0.39 is 14.2 Å². The van der Waals surface area contributed by atoms with Crippen LogP contribution in [0.3, 0.4) is 0 Å². The summed E-state index contributed by atoms with van der Waals surface area (Å²) in [6, 6.07) is 11.6. The lowest BCUT2D eigenvalue weighted by atomic mass is 10.0.